The zero-order valence-corrected chi connectivity index (χ0v) is 26.9. The molecule has 0 amide bonds. The average molecular weight is 668 g/mol. The van der Waals surface area contributed by atoms with Gasteiger partial charge in [-0.15, -0.1) is 0 Å². The molecule has 1 aliphatic carbocycles. The molecule has 5 N–H and O–H groups in total. The number of imidazole rings is 1. The molecule has 0 atom stereocenters. The summed E-state index contributed by atoms with van der Waals surface area (Å²) < 4.78 is 7.75. The Bertz CT molecular complexity index is 2200. The SMILES string of the molecule is N#Cc1nccc(NC2CCN(C(O)(O)c3ccc(-n4c(-c5cccnc5N)nc5ccc(-c6ccc(OC7CC7)cn6)nc54)cc3)CC2)n1. The molecular formula is C36H33N11O3. The number of rotatable bonds is 9. The molecule has 1 saturated heterocycles. The highest BCUT2D eigenvalue weighted by Crippen LogP contribution is 2.34. The number of fused-ring (bicyclic) bond motifs is 1. The van der Waals surface area contributed by atoms with E-state index >= 15 is 0 Å². The van der Waals surface area contributed by atoms with Gasteiger partial charge in [-0.25, -0.2) is 29.8 Å². The maximum absolute atomic E-state index is 11.4. The molecule has 0 unspecified atom stereocenters. The Hall–Kier alpha value is -6.01. The van der Waals surface area contributed by atoms with E-state index < -0.39 is 5.91 Å². The second-order valence-electron chi connectivity index (χ2n) is 12.4. The van der Waals surface area contributed by atoms with E-state index in [1.807, 2.05) is 41.0 Å². The average Bonchev–Trinajstić information content (AvgIpc) is 3.89. The van der Waals surface area contributed by atoms with Crippen LogP contribution in [0.5, 0.6) is 5.75 Å². The van der Waals surface area contributed by atoms with Crippen LogP contribution in [0.4, 0.5) is 11.6 Å². The summed E-state index contributed by atoms with van der Waals surface area (Å²) in [6.45, 7) is 0.848. The first kappa shape index (κ1) is 31.3. The molecule has 0 bridgehead atoms. The number of pyridine rings is 3. The van der Waals surface area contributed by atoms with Crippen molar-refractivity contribution >= 4 is 22.8 Å². The maximum atomic E-state index is 11.4. The predicted molar refractivity (Wildman–Crippen MR) is 184 cm³/mol. The van der Waals surface area contributed by atoms with Gasteiger partial charge in [0.1, 0.15) is 29.0 Å². The number of piperidine rings is 1. The zero-order chi connectivity index (χ0) is 34.2. The van der Waals surface area contributed by atoms with Gasteiger partial charge in [0.05, 0.1) is 29.3 Å². The summed E-state index contributed by atoms with van der Waals surface area (Å²) in [4.78, 5) is 28.5. The number of ether oxygens (including phenoxy) is 1. The fourth-order valence-electron chi connectivity index (χ4n) is 6.17. The van der Waals surface area contributed by atoms with Crippen molar-refractivity contribution in [2.24, 2.45) is 0 Å². The number of nitriles is 1. The van der Waals surface area contributed by atoms with Crippen molar-refractivity contribution in [1.29, 1.82) is 5.26 Å². The summed E-state index contributed by atoms with van der Waals surface area (Å²) in [5.41, 5.74) is 10.5. The fourth-order valence-corrected chi connectivity index (χ4v) is 6.17. The summed E-state index contributed by atoms with van der Waals surface area (Å²) >= 11 is 0. The van der Waals surface area contributed by atoms with Crippen molar-refractivity contribution in [1.82, 2.24) is 39.4 Å². The smallest absolute Gasteiger partial charge is 0.253 e. The molecule has 14 nitrogen and oxygen atoms in total. The van der Waals surface area contributed by atoms with Crippen molar-refractivity contribution in [3.8, 4) is 40.3 Å². The number of hydrogen-bond acceptors (Lipinski definition) is 13. The Labute approximate surface area is 286 Å². The second-order valence-corrected chi connectivity index (χ2v) is 12.4. The van der Waals surface area contributed by atoms with Gasteiger partial charge in [-0.2, -0.15) is 5.26 Å². The fraction of sp³-hybridized carbons (Fsp3) is 0.250. The number of likely N-dealkylation sites (tertiary alicyclic amines) is 1. The molecule has 6 heterocycles. The lowest BCUT2D eigenvalue weighted by Crippen LogP contribution is -2.51. The van der Waals surface area contributed by atoms with E-state index in [9.17, 15) is 10.2 Å². The highest BCUT2D eigenvalue weighted by Gasteiger charge is 2.37. The van der Waals surface area contributed by atoms with E-state index in [2.05, 4.69) is 25.3 Å². The first-order chi connectivity index (χ1) is 24.4. The van der Waals surface area contributed by atoms with Crippen LogP contribution in [-0.2, 0) is 5.91 Å². The van der Waals surface area contributed by atoms with Crippen molar-refractivity contribution in [3.63, 3.8) is 0 Å². The first-order valence-electron chi connectivity index (χ1n) is 16.4. The number of aliphatic hydroxyl groups is 2. The summed E-state index contributed by atoms with van der Waals surface area (Å²) in [6, 6.07) is 21.9. The number of nitrogen functional groups attached to an aromatic ring is 1. The molecule has 6 aromatic rings. The number of nitrogens with two attached hydrogens (primary N) is 1. The number of aromatic nitrogens is 7. The van der Waals surface area contributed by atoms with Gasteiger partial charge in [-0.1, -0.05) is 12.1 Å². The third-order valence-corrected chi connectivity index (χ3v) is 8.97. The van der Waals surface area contributed by atoms with Crippen LogP contribution in [0.15, 0.2) is 85.3 Å². The van der Waals surface area contributed by atoms with Crippen molar-refractivity contribution in [2.75, 3.05) is 24.1 Å². The topological polar surface area (TPSA) is 197 Å². The number of benzene rings is 1. The van der Waals surface area contributed by atoms with Crippen LogP contribution < -0.4 is 15.8 Å². The second kappa shape index (κ2) is 12.8. The molecule has 8 rings (SSSR count). The molecule has 1 saturated carbocycles. The van der Waals surface area contributed by atoms with Gasteiger partial charge >= 0.3 is 0 Å². The Balaban J connectivity index is 1.07. The minimum absolute atomic E-state index is 0.0559. The van der Waals surface area contributed by atoms with E-state index in [-0.39, 0.29) is 18.0 Å². The third kappa shape index (κ3) is 6.16. The lowest BCUT2D eigenvalue weighted by molar-refractivity contribution is -0.279. The lowest BCUT2D eigenvalue weighted by atomic mass is 10.0. The molecule has 2 aliphatic rings. The molecule has 1 aromatic carbocycles. The Morgan fingerprint density at radius 3 is 2.38 bits per heavy atom. The molecule has 50 heavy (non-hydrogen) atoms. The molecule has 2 fully saturated rings. The summed E-state index contributed by atoms with van der Waals surface area (Å²) in [6.07, 6.45) is 8.59. The van der Waals surface area contributed by atoms with Gasteiger partial charge in [0, 0.05) is 42.8 Å². The minimum Gasteiger partial charge on any atom is -0.489 e. The molecule has 0 radical (unpaired) electrons. The van der Waals surface area contributed by atoms with Gasteiger partial charge in [0.2, 0.25) is 5.82 Å². The van der Waals surface area contributed by atoms with Crippen LogP contribution in [0.25, 0.3) is 39.6 Å². The number of hydrogen-bond donors (Lipinski definition) is 4. The highest BCUT2D eigenvalue weighted by molar-refractivity contribution is 5.84. The van der Waals surface area contributed by atoms with Gasteiger partial charge in [-0.3, -0.25) is 9.55 Å². The van der Waals surface area contributed by atoms with Crippen LogP contribution in [0.2, 0.25) is 0 Å². The van der Waals surface area contributed by atoms with Gasteiger partial charge in [0.25, 0.3) is 5.91 Å². The van der Waals surface area contributed by atoms with Crippen molar-refractivity contribution < 1.29 is 14.9 Å². The largest absolute Gasteiger partial charge is 0.489 e. The summed E-state index contributed by atoms with van der Waals surface area (Å²) in [7, 11) is 0. The summed E-state index contributed by atoms with van der Waals surface area (Å²) in [5.74, 6) is 0.0625. The van der Waals surface area contributed by atoms with E-state index in [0.717, 1.165) is 18.6 Å². The molecule has 0 spiro atoms. The van der Waals surface area contributed by atoms with Crippen LogP contribution in [0.1, 0.15) is 37.1 Å². The van der Waals surface area contributed by atoms with Crippen LogP contribution in [0.3, 0.4) is 0 Å². The van der Waals surface area contributed by atoms with Crippen molar-refractivity contribution in [2.45, 2.75) is 43.7 Å². The number of nitrogens with zero attached hydrogens (tertiary/aromatic N) is 9. The zero-order valence-electron chi connectivity index (χ0n) is 26.9. The standard InChI is InChI=1S/C36H33N11O3/c37-20-32-39-17-13-31(45-32)42-23-14-18-46(19-15-23)36(48,49)22-3-5-24(6-4-22)47-34(27-2-1-16-40-33(27)38)44-30-12-11-29(43-35(30)47)28-10-9-26(21-41-28)50-25-7-8-25/h1-6,9-13,16-17,21,23,25,48-49H,7-8,14-15,18-19H2,(H2,38,40)(H,39,42,45). The van der Waals surface area contributed by atoms with Gasteiger partial charge in [0.15, 0.2) is 11.5 Å². The van der Waals surface area contributed by atoms with Crippen LogP contribution in [-0.4, -0.2) is 74.8 Å². The quantitative estimate of drug-likeness (QED) is 0.162. The predicted octanol–water partition coefficient (Wildman–Crippen LogP) is 4.00. The summed E-state index contributed by atoms with van der Waals surface area (Å²) in [5, 5.41) is 35.2. The van der Waals surface area contributed by atoms with E-state index in [4.69, 9.17) is 25.7 Å². The Morgan fingerprint density at radius 2 is 1.66 bits per heavy atom. The molecule has 1 aliphatic heterocycles. The Morgan fingerprint density at radius 1 is 0.860 bits per heavy atom. The van der Waals surface area contributed by atoms with E-state index in [1.54, 1.807) is 53.7 Å². The van der Waals surface area contributed by atoms with Gasteiger partial charge < -0.3 is 26.0 Å². The van der Waals surface area contributed by atoms with E-state index in [1.165, 1.54) is 6.20 Å². The normalized spacial score (nSPS) is 15.5. The van der Waals surface area contributed by atoms with Crippen molar-refractivity contribution in [3.05, 3.63) is 96.7 Å². The minimum atomic E-state index is -2.20. The third-order valence-electron chi connectivity index (χ3n) is 8.97. The van der Waals surface area contributed by atoms with Crippen LogP contribution >= 0.6 is 0 Å². The van der Waals surface area contributed by atoms with Gasteiger partial charge in [-0.05, 0) is 80.3 Å². The van der Waals surface area contributed by atoms with Crippen LogP contribution in [0, 0.1) is 11.3 Å². The highest BCUT2D eigenvalue weighted by atomic mass is 16.5. The first-order valence-corrected chi connectivity index (χ1v) is 16.4. The Kier molecular flexibility index (Phi) is 8.00. The number of anilines is 2. The molecule has 5 aromatic heterocycles. The van der Waals surface area contributed by atoms with E-state index in [0.29, 0.717) is 82.8 Å². The number of nitrogens with one attached hydrogen (secondary N) is 1. The molecule has 14 heteroatoms. The molecular weight excluding hydrogens is 634 g/mol. The monoisotopic (exact) mass is 667 g/mol. The maximum Gasteiger partial charge on any atom is 0.253 e. The lowest BCUT2D eigenvalue weighted by Gasteiger charge is -2.40. The molecule has 250 valence electrons.